The number of amides is 1. The van der Waals surface area contributed by atoms with Gasteiger partial charge in [0, 0.05) is 24.4 Å². The zero-order chi connectivity index (χ0) is 22.5. The molecular weight excluding hydrogens is 409 g/mol. The fourth-order valence-electron chi connectivity index (χ4n) is 3.84. The van der Waals surface area contributed by atoms with Crippen LogP contribution in [0.1, 0.15) is 39.4 Å². The molecule has 2 N–H and O–H groups in total. The number of fused-ring (bicyclic) bond motifs is 3. The second-order valence-electron chi connectivity index (χ2n) is 7.30. The highest BCUT2D eigenvalue weighted by molar-refractivity contribution is 5.90. The minimum Gasteiger partial charge on any atom is -0.478 e. The SMILES string of the molecule is O=C(NCCC#Cc1cc(F)ccc1C(=O)O)OCC1c2ccccc2-c2ccccc21. The van der Waals surface area contributed by atoms with Crippen molar-refractivity contribution in [1.29, 1.82) is 0 Å². The summed E-state index contributed by atoms with van der Waals surface area (Å²) in [6, 6.07) is 19.5. The third kappa shape index (κ3) is 4.47. The van der Waals surface area contributed by atoms with E-state index >= 15 is 0 Å². The Labute approximate surface area is 184 Å². The highest BCUT2D eigenvalue weighted by Crippen LogP contribution is 2.44. The van der Waals surface area contributed by atoms with E-state index in [0.717, 1.165) is 34.4 Å². The number of hydrogen-bond acceptors (Lipinski definition) is 3. The lowest BCUT2D eigenvalue weighted by Crippen LogP contribution is -2.26. The molecule has 1 aliphatic rings. The van der Waals surface area contributed by atoms with Crippen molar-refractivity contribution in [3.63, 3.8) is 0 Å². The number of carboxylic acids is 1. The molecule has 32 heavy (non-hydrogen) atoms. The molecule has 0 bridgehead atoms. The summed E-state index contributed by atoms with van der Waals surface area (Å²) in [6.45, 7) is 0.443. The summed E-state index contributed by atoms with van der Waals surface area (Å²) >= 11 is 0. The predicted octanol–water partition coefficient (Wildman–Crippen LogP) is 4.80. The first kappa shape index (κ1) is 21.1. The number of rotatable bonds is 5. The Bertz CT molecular complexity index is 1200. The van der Waals surface area contributed by atoms with Gasteiger partial charge in [-0.05, 0) is 40.5 Å². The molecule has 0 saturated carbocycles. The number of carbonyl (C=O) groups excluding carboxylic acids is 1. The largest absolute Gasteiger partial charge is 0.478 e. The number of halogens is 1. The van der Waals surface area contributed by atoms with Gasteiger partial charge in [-0.15, -0.1) is 0 Å². The number of benzene rings is 3. The highest BCUT2D eigenvalue weighted by atomic mass is 19.1. The smallest absolute Gasteiger partial charge is 0.407 e. The van der Waals surface area contributed by atoms with Gasteiger partial charge in [-0.3, -0.25) is 0 Å². The Morgan fingerprint density at radius 2 is 1.66 bits per heavy atom. The number of aromatic carboxylic acids is 1. The Balaban J connectivity index is 1.31. The van der Waals surface area contributed by atoms with E-state index in [9.17, 15) is 14.0 Å². The summed E-state index contributed by atoms with van der Waals surface area (Å²) in [7, 11) is 0. The molecule has 0 radical (unpaired) electrons. The summed E-state index contributed by atoms with van der Waals surface area (Å²) in [6.07, 6.45) is -0.287. The van der Waals surface area contributed by atoms with Crippen molar-refractivity contribution >= 4 is 12.1 Å². The first-order chi connectivity index (χ1) is 15.5. The van der Waals surface area contributed by atoms with Crippen LogP contribution in [0.15, 0.2) is 66.7 Å². The number of nitrogens with one attached hydrogen (secondary N) is 1. The molecule has 1 amide bonds. The second-order valence-corrected chi connectivity index (χ2v) is 7.30. The molecule has 0 spiro atoms. The number of hydrogen-bond donors (Lipinski definition) is 2. The van der Waals surface area contributed by atoms with E-state index in [0.29, 0.717) is 0 Å². The maximum absolute atomic E-state index is 13.4. The van der Waals surface area contributed by atoms with Gasteiger partial charge in [-0.2, -0.15) is 0 Å². The van der Waals surface area contributed by atoms with Crippen molar-refractivity contribution in [2.75, 3.05) is 13.2 Å². The number of alkyl carbamates (subject to hydrolysis) is 1. The highest BCUT2D eigenvalue weighted by Gasteiger charge is 2.28. The van der Waals surface area contributed by atoms with Crippen LogP contribution in [-0.2, 0) is 4.74 Å². The van der Waals surface area contributed by atoms with E-state index in [-0.39, 0.29) is 36.6 Å². The summed E-state index contributed by atoms with van der Waals surface area (Å²) in [4.78, 5) is 23.3. The molecule has 0 unspecified atom stereocenters. The zero-order valence-electron chi connectivity index (χ0n) is 17.1. The fraction of sp³-hybridized carbons (Fsp3) is 0.154. The average Bonchev–Trinajstić information content (AvgIpc) is 3.11. The molecule has 5 nitrogen and oxygen atoms in total. The molecule has 0 heterocycles. The third-order valence-electron chi connectivity index (χ3n) is 5.30. The molecule has 4 rings (SSSR count). The topological polar surface area (TPSA) is 75.6 Å². The van der Waals surface area contributed by atoms with Gasteiger partial charge in [-0.25, -0.2) is 14.0 Å². The molecule has 0 atom stereocenters. The van der Waals surface area contributed by atoms with Gasteiger partial charge in [0.1, 0.15) is 12.4 Å². The first-order valence-corrected chi connectivity index (χ1v) is 10.1. The number of carbonyl (C=O) groups is 2. The minimum absolute atomic E-state index is 0.0182. The predicted molar refractivity (Wildman–Crippen MR) is 118 cm³/mol. The molecule has 0 aliphatic heterocycles. The second kappa shape index (κ2) is 9.36. The van der Waals surface area contributed by atoms with Gasteiger partial charge in [0.25, 0.3) is 0 Å². The van der Waals surface area contributed by atoms with Crippen LogP contribution in [0, 0.1) is 17.7 Å². The van der Waals surface area contributed by atoms with Crippen molar-refractivity contribution in [3.8, 4) is 23.0 Å². The molecule has 0 fully saturated rings. The Hall–Kier alpha value is -4.11. The van der Waals surface area contributed by atoms with Crippen LogP contribution in [0.4, 0.5) is 9.18 Å². The Morgan fingerprint density at radius 1 is 1.00 bits per heavy atom. The van der Waals surface area contributed by atoms with Crippen LogP contribution in [-0.4, -0.2) is 30.3 Å². The van der Waals surface area contributed by atoms with Gasteiger partial charge in [0.05, 0.1) is 5.56 Å². The summed E-state index contributed by atoms with van der Waals surface area (Å²) in [5, 5.41) is 11.8. The van der Waals surface area contributed by atoms with Crippen LogP contribution in [0.3, 0.4) is 0 Å². The van der Waals surface area contributed by atoms with Crippen molar-refractivity contribution < 1.29 is 23.8 Å². The lowest BCUT2D eigenvalue weighted by molar-refractivity contribution is 0.0696. The molecule has 3 aromatic carbocycles. The van der Waals surface area contributed by atoms with Crippen LogP contribution in [0.2, 0.25) is 0 Å². The van der Waals surface area contributed by atoms with Crippen LogP contribution in [0.5, 0.6) is 0 Å². The van der Waals surface area contributed by atoms with Gasteiger partial charge < -0.3 is 15.2 Å². The maximum atomic E-state index is 13.4. The van der Waals surface area contributed by atoms with Crippen LogP contribution in [0.25, 0.3) is 11.1 Å². The molecule has 6 heteroatoms. The van der Waals surface area contributed by atoms with Gasteiger partial charge in [0.15, 0.2) is 0 Å². The minimum atomic E-state index is -1.17. The quantitative estimate of drug-likeness (QED) is 0.451. The molecular formula is C26H20FNO4. The third-order valence-corrected chi connectivity index (χ3v) is 5.30. The molecule has 0 aromatic heterocycles. The van der Waals surface area contributed by atoms with E-state index in [1.54, 1.807) is 0 Å². The van der Waals surface area contributed by atoms with E-state index in [1.807, 2.05) is 24.3 Å². The molecule has 0 saturated heterocycles. The summed E-state index contributed by atoms with van der Waals surface area (Å²) in [5.41, 5.74) is 4.62. The standard InChI is InChI=1S/C26H20FNO4/c27-18-12-13-19(25(29)30)17(15-18)7-5-6-14-28-26(31)32-16-24-22-10-3-1-8-20(22)21-9-2-4-11-23(21)24/h1-4,8-13,15,24H,6,14,16H2,(H,28,31)(H,29,30). The normalized spacial score (nSPS) is 11.7. The average molecular weight is 429 g/mol. The van der Waals surface area contributed by atoms with Crippen molar-refractivity contribution in [2.24, 2.45) is 0 Å². The molecule has 1 aliphatic carbocycles. The van der Waals surface area contributed by atoms with Gasteiger partial charge >= 0.3 is 12.1 Å². The van der Waals surface area contributed by atoms with Crippen LogP contribution < -0.4 is 5.32 Å². The molecule has 3 aromatic rings. The van der Waals surface area contributed by atoms with E-state index in [2.05, 4.69) is 41.4 Å². The lowest BCUT2D eigenvalue weighted by Gasteiger charge is -2.14. The number of ether oxygens (including phenoxy) is 1. The monoisotopic (exact) mass is 429 g/mol. The molecule has 160 valence electrons. The maximum Gasteiger partial charge on any atom is 0.407 e. The summed E-state index contributed by atoms with van der Waals surface area (Å²) in [5.74, 6) is 3.65. The van der Waals surface area contributed by atoms with Gasteiger partial charge in [0.2, 0.25) is 0 Å². The van der Waals surface area contributed by atoms with Crippen LogP contribution >= 0.6 is 0 Å². The van der Waals surface area contributed by atoms with E-state index < -0.39 is 17.9 Å². The lowest BCUT2D eigenvalue weighted by atomic mass is 9.98. The van der Waals surface area contributed by atoms with E-state index in [1.165, 1.54) is 6.07 Å². The van der Waals surface area contributed by atoms with Crippen molar-refractivity contribution in [3.05, 3.63) is 94.8 Å². The van der Waals surface area contributed by atoms with Crippen molar-refractivity contribution in [2.45, 2.75) is 12.3 Å². The zero-order valence-corrected chi connectivity index (χ0v) is 17.1. The Kier molecular flexibility index (Phi) is 6.18. The Morgan fingerprint density at radius 3 is 2.31 bits per heavy atom. The summed E-state index contributed by atoms with van der Waals surface area (Å²) < 4.78 is 18.8. The van der Waals surface area contributed by atoms with Gasteiger partial charge in [-0.1, -0.05) is 60.4 Å². The fourth-order valence-corrected chi connectivity index (χ4v) is 3.84. The first-order valence-electron chi connectivity index (χ1n) is 10.1. The van der Waals surface area contributed by atoms with Crippen molar-refractivity contribution in [1.82, 2.24) is 5.32 Å². The van der Waals surface area contributed by atoms with E-state index in [4.69, 9.17) is 9.84 Å². The number of carboxylic acid groups (broad SMARTS) is 1.